The molecule has 0 unspecified atom stereocenters. The molecular weight excluding hydrogens is 302 g/mol. The molecule has 0 bridgehead atoms. The van der Waals surface area contributed by atoms with Gasteiger partial charge in [0.2, 0.25) is 5.91 Å². The number of hydrogen-bond acceptors (Lipinski definition) is 5. The van der Waals surface area contributed by atoms with Crippen molar-refractivity contribution < 1.29 is 9.59 Å². The number of carbonyl (C=O) groups is 2. The van der Waals surface area contributed by atoms with Gasteiger partial charge in [0.15, 0.2) is 11.4 Å². The molecule has 1 saturated heterocycles. The topological polar surface area (TPSA) is 97.6 Å². The van der Waals surface area contributed by atoms with Gasteiger partial charge < -0.3 is 10.2 Å². The third kappa shape index (κ3) is 3.77. The molecule has 8 heteroatoms. The molecule has 0 aliphatic carbocycles. The molecule has 1 fully saturated rings. The Morgan fingerprint density at radius 1 is 1.50 bits per heavy atom. The van der Waals surface area contributed by atoms with Crippen LogP contribution in [0.2, 0.25) is 0 Å². The number of thioether (sulfide) groups is 1. The van der Waals surface area contributed by atoms with Crippen molar-refractivity contribution in [1.82, 2.24) is 15.5 Å². The van der Waals surface area contributed by atoms with Crippen molar-refractivity contribution in [2.75, 3.05) is 25.9 Å². The molecule has 1 aliphatic rings. The van der Waals surface area contributed by atoms with Crippen LogP contribution in [0.25, 0.3) is 0 Å². The number of nitriles is 1. The van der Waals surface area contributed by atoms with Crippen LogP contribution in [0.15, 0.2) is 29.3 Å². The van der Waals surface area contributed by atoms with Crippen LogP contribution in [-0.2, 0) is 4.79 Å². The first-order valence-electron chi connectivity index (χ1n) is 6.58. The van der Waals surface area contributed by atoms with Gasteiger partial charge >= 0.3 is 0 Å². The lowest BCUT2D eigenvalue weighted by Gasteiger charge is -2.27. The van der Waals surface area contributed by atoms with Gasteiger partial charge in [-0.2, -0.15) is 5.26 Å². The standard InChI is InChI=1S/C14H15N5O2S/c1-22-14(17-9-15)18-11-5-3-2-4-10(11)13(21)19-7-6-16-12(20)8-19/h2-5H,6-8H2,1H3,(H,16,20)(H,17,18). The van der Waals surface area contributed by atoms with E-state index in [1.807, 2.05) is 0 Å². The molecule has 22 heavy (non-hydrogen) atoms. The number of rotatable bonds is 2. The lowest BCUT2D eigenvalue weighted by atomic mass is 10.1. The largest absolute Gasteiger partial charge is 0.353 e. The number of nitrogens with zero attached hydrogens (tertiary/aromatic N) is 3. The Hall–Kier alpha value is -2.53. The number of carbonyl (C=O) groups excluding carboxylic acids is 2. The van der Waals surface area contributed by atoms with Crippen LogP contribution in [0.5, 0.6) is 0 Å². The molecule has 114 valence electrons. The molecule has 0 saturated carbocycles. The summed E-state index contributed by atoms with van der Waals surface area (Å²) in [4.78, 5) is 29.8. The van der Waals surface area contributed by atoms with E-state index in [4.69, 9.17) is 5.26 Å². The maximum Gasteiger partial charge on any atom is 0.256 e. The average molecular weight is 317 g/mol. The van der Waals surface area contributed by atoms with E-state index < -0.39 is 0 Å². The molecule has 1 aromatic rings. The molecule has 2 rings (SSSR count). The molecule has 0 atom stereocenters. The second kappa shape index (κ2) is 7.47. The van der Waals surface area contributed by atoms with E-state index in [-0.39, 0.29) is 18.4 Å². The first kappa shape index (κ1) is 15.9. The van der Waals surface area contributed by atoms with E-state index in [0.29, 0.717) is 29.5 Å². The van der Waals surface area contributed by atoms with Gasteiger partial charge in [0.25, 0.3) is 5.91 Å². The Kier molecular flexibility index (Phi) is 5.38. The Labute approximate surface area is 132 Å². The van der Waals surface area contributed by atoms with Crippen LogP contribution in [0.4, 0.5) is 5.69 Å². The maximum atomic E-state index is 12.6. The summed E-state index contributed by atoms with van der Waals surface area (Å²) < 4.78 is 0. The minimum atomic E-state index is -0.244. The van der Waals surface area contributed by atoms with Gasteiger partial charge in [0, 0.05) is 13.1 Å². The molecule has 1 aromatic carbocycles. The minimum absolute atomic E-state index is 0.0444. The molecule has 0 radical (unpaired) electrons. The highest BCUT2D eigenvalue weighted by Gasteiger charge is 2.23. The lowest BCUT2D eigenvalue weighted by Crippen LogP contribution is -2.50. The van der Waals surface area contributed by atoms with Crippen molar-refractivity contribution in [1.29, 1.82) is 5.26 Å². The van der Waals surface area contributed by atoms with E-state index in [1.54, 1.807) is 36.7 Å². The number of aliphatic imine (C=N–C) groups is 1. The summed E-state index contributed by atoms with van der Waals surface area (Å²) in [6.07, 6.45) is 3.59. The van der Waals surface area contributed by atoms with Crippen molar-refractivity contribution in [3.05, 3.63) is 29.8 Å². The van der Waals surface area contributed by atoms with Crippen LogP contribution in [0.1, 0.15) is 10.4 Å². The Bertz CT molecular complexity index is 653. The van der Waals surface area contributed by atoms with Gasteiger partial charge in [-0.3, -0.25) is 14.9 Å². The van der Waals surface area contributed by atoms with Crippen molar-refractivity contribution in [3.63, 3.8) is 0 Å². The summed E-state index contributed by atoms with van der Waals surface area (Å²) in [6, 6.07) is 6.88. The fraction of sp³-hybridized carbons (Fsp3) is 0.286. The van der Waals surface area contributed by atoms with E-state index >= 15 is 0 Å². The second-order valence-corrected chi connectivity index (χ2v) is 5.25. The fourth-order valence-electron chi connectivity index (χ4n) is 2.02. The van der Waals surface area contributed by atoms with Crippen molar-refractivity contribution in [3.8, 4) is 6.19 Å². The highest BCUT2D eigenvalue weighted by Crippen LogP contribution is 2.22. The third-order valence-electron chi connectivity index (χ3n) is 3.04. The number of amidine groups is 1. The van der Waals surface area contributed by atoms with Crippen LogP contribution in [0, 0.1) is 11.5 Å². The van der Waals surface area contributed by atoms with Crippen LogP contribution < -0.4 is 10.6 Å². The third-order valence-corrected chi connectivity index (χ3v) is 3.62. The van der Waals surface area contributed by atoms with Crippen molar-refractivity contribution in [2.45, 2.75) is 0 Å². The minimum Gasteiger partial charge on any atom is -0.353 e. The summed E-state index contributed by atoms with van der Waals surface area (Å²) in [6.45, 7) is 0.958. The Morgan fingerprint density at radius 3 is 2.95 bits per heavy atom. The number of piperazine rings is 1. The highest BCUT2D eigenvalue weighted by atomic mass is 32.2. The molecule has 2 N–H and O–H groups in total. The first-order valence-corrected chi connectivity index (χ1v) is 7.81. The van der Waals surface area contributed by atoms with Gasteiger partial charge in [0.05, 0.1) is 17.8 Å². The van der Waals surface area contributed by atoms with Gasteiger partial charge in [-0.05, 0) is 18.4 Å². The molecule has 1 heterocycles. The molecule has 2 amide bonds. The van der Waals surface area contributed by atoms with Gasteiger partial charge in [-0.15, -0.1) is 0 Å². The zero-order chi connectivity index (χ0) is 15.9. The van der Waals surface area contributed by atoms with Crippen LogP contribution in [0.3, 0.4) is 0 Å². The van der Waals surface area contributed by atoms with Crippen LogP contribution in [-0.4, -0.2) is 47.8 Å². The van der Waals surface area contributed by atoms with E-state index in [2.05, 4.69) is 15.6 Å². The lowest BCUT2D eigenvalue weighted by molar-refractivity contribution is -0.123. The zero-order valence-electron chi connectivity index (χ0n) is 12.0. The van der Waals surface area contributed by atoms with Crippen molar-refractivity contribution >= 4 is 34.4 Å². The Morgan fingerprint density at radius 2 is 2.27 bits per heavy atom. The quantitative estimate of drug-likeness (QED) is 0.362. The number of hydrogen-bond donors (Lipinski definition) is 2. The predicted octanol–water partition coefficient (Wildman–Crippen LogP) is 0.680. The molecule has 0 spiro atoms. The summed E-state index contributed by atoms with van der Waals surface area (Å²) >= 11 is 1.27. The van der Waals surface area contributed by atoms with Gasteiger partial charge in [-0.1, -0.05) is 23.9 Å². The number of amides is 2. The van der Waals surface area contributed by atoms with E-state index in [0.717, 1.165) is 0 Å². The summed E-state index contributed by atoms with van der Waals surface area (Å²) in [5, 5.41) is 14.2. The second-order valence-electron chi connectivity index (χ2n) is 4.45. The molecule has 7 nitrogen and oxygen atoms in total. The first-order chi connectivity index (χ1) is 10.7. The number of para-hydroxylation sites is 1. The van der Waals surface area contributed by atoms with Gasteiger partial charge in [0.1, 0.15) is 0 Å². The average Bonchev–Trinajstić information content (AvgIpc) is 2.54. The normalized spacial score (nSPS) is 15.0. The molecule has 0 aromatic heterocycles. The SMILES string of the molecule is CSC(=Nc1ccccc1C(=O)N1CCNC(=O)C1)NC#N. The molecular formula is C14H15N5O2S. The number of benzene rings is 1. The molecule has 1 aliphatic heterocycles. The fourth-order valence-corrected chi connectivity index (χ4v) is 2.35. The van der Waals surface area contributed by atoms with E-state index in [1.165, 1.54) is 16.7 Å². The maximum absolute atomic E-state index is 12.6. The van der Waals surface area contributed by atoms with Crippen molar-refractivity contribution in [2.24, 2.45) is 4.99 Å². The Balaban J connectivity index is 2.30. The zero-order valence-corrected chi connectivity index (χ0v) is 12.8. The predicted molar refractivity (Wildman–Crippen MR) is 84.7 cm³/mol. The smallest absolute Gasteiger partial charge is 0.256 e. The summed E-state index contributed by atoms with van der Waals surface area (Å²) in [7, 11) is 0. The van der Waals surface area contributed by atoms with Crippen LogP contribution >= 0.6 is 11.8 Å². The summed E-state index contributed by atoms with van der Waals surface area (Å²) in [5.74, 6) is -0.414. The highest BCUT2D eigenvalue weighted by molar-refractivity contribution is 8.13. The monoisotopic (exact) mass is 317 g/mol. The summed E-state index contributed by atoms with van der Waals surface area (Å²) in [5.41, 5.74) is 0.870. The van der Waals surface area contributed by atoms with Gasteiger partial charge in [-0.25, -0.2) is 4.99 Å². The van der Waals surface area contributed by atoms with E-state index in [9.17, 15) is 9.59 Å². The number of nitrogens with one attached hydrogen (secondary N) is 2.